The maximum atomic E-state index is 13.8. The molecule has 19 heavy (non-hydrogen) atoms. The van der Waals surface area contributed by atoms with Crippen molar-refractivity contribution in [2.75, 3.05) is 16.8 Å². The van der Waals surface area contributed by atoms with Gasteiger partial charge in [0.15, 0.2) is 0 Å². The maximum Gasteiger partial charge on any atom is 0.248 e. The molecule has 0 bridgehead atoms. The quantitative estimate of drug-likeness (QED) is 0.896. The van der Waals surface area contributed by atoms with Crippen molar-refractivity contribution in [1.82, 2.24) is 0 Å². The van der Waals surface area contributed by atoms with Gasteiger partial charge in [0.1, 0.15) is 5.82 Å². The fraction of sp³-hybridized carbons (Fsp3) is 0.500. The topological polar surface area (TPSA) is 55.1 Å². The molecule has 1 atom stereocenters. The standard InChI is InChI=1S/C14H19FN2OS/c1-14(2)6-10(7-19-8-14)17-12-5-9(13(16)18)3-4-11(12)15/h3-5,10,17H,6-8H2,1-2H3,(H2,16,18). The van der Waals surface area contributed by atoms with E-state index < -0.39 is 5.91 Å². The number of rotatable bonds is 3. The largest absolute Gasteiger partial charge is 0.379 e. The van der Waals surface area contributed by atoms with Gasteiger partial charge in [0.2, 0.25) is 5.91 Å². The first kappa shape index (κ1) is 14.2. The molecule has 1 unspecified atom stereocenters. The van der Waals surface area contributed by atoms with Crippen molar-refractivity contribution in [3.63, 3.8) is 0 Å². The first-order chi connectivity index (χ1) is 8.87. The van der Waals surface area contributed by atoms with Gasteiger partial charge in [-0.05, 0) is 35.8 Å². The molecule has 0 spiro atoms. The van der Waals surface area contributed by atoms with E-state index in [4.69, 9.17) is 5.73 Å². The van der Waals surface area contributed by atoms with Crippen molar-refractivity contribution in [3.8, 4) is 0 Å². The number of anilines is 1. The molecule has 1 fully saturated rings. The summed E-state index contributed by atoms with van der Waals surface area (Å²) in [5.41, 5.74) is 6.15. The van der Waals surface area contributed by atoms with Crippen LogP contribution in [0.1, 0.15) is 30.6 Å². The maximum absolute atomic E-state index is 13.8. The van der Waals surface area contributed by atoms with Crippen molar-refractivity contribution in [3.05, 3.63) is 29.6 Å². The lowest BCUT2D eigenvalue weighted by atomic mass is 9.87. The van der Waals surface area contributed by atoms with Gasteiger partial charge in [0.25, 0.3) is 0 Å². The predicted molar refractivity (Wildman–Crippen MR) is 78.1 cm³/mol. The minimum absolute atomic E-state index is 0.214. The monoisotopic (exact) mass is 282 g/mol. The molecule has 1 aliphatic heterocycles. The van der Waals surface area contributed by atoms with Crippen molar-refractivity contribution >= 4 is 23.4 Å². The molecule has 0 radical (unpaired) electrons. The van der Waals surface area contributed by atoms with E-state index in [-0.39, 0.29) is 17.3 Å². The van der Waals surface area contributed by atoms with Crippen LogP contribution in [0.4, 0.5) is 10.1 Å². The van der Waals surface area contributed by atoms with Gasteiger partial charge in [-0.3, -0.25) is 4.79 Å². The Kier molecular flexibility index (Phi) is 4.04. The number of benzene rings is 1. The number of hydrogen-bond donors (Lipinski definition) is 2. The summed E-state index contributed by atoms with van der Waals surface area (Å²) in [5, 5.41) is 3.20. The molecule has 0 aromatic heterocycles. The van der Waals surface area contributed by atoms with Gasteiger partial charge in [-0.2, -0.15) is 11.8 Å². The summed E-state index contributed by atoms with van der Waals surface area (Å²) in [6, 6.07) is 4.39. The zero-order chi connectivity index (χ0) is 14.0. The molecule has 0 aliphatic carbocycles. The average Bonchev–Trinajstić information content (AvgIpc) is 2.30. The molecular weight excluding hydrogens is 263 g/mol. The van der Waals surface area contributed by atoms with Crippen LogP contribution in [0.3, 0.4) is 0 Å². The molecule has 1 heterocycles. The number of nitrogens with two attached hydrogens (primary N) is 1. The third-order valence-corrected chi connectivity index (χ3v) is 4.84. The van der Waals surface area contributed by atoms with Crippen molar-refractivity contribution in [2.24, 2.45) is 11.1 Å². The van der Waals surface area contributed by atoms with Gasteiger partial charge in [0.05, 0.1) is 5.69 Å². The molecule has 1 aromatic rings. The summed E-state index contributed by atoms with van der Waals surface area (Å²) in [5.74, 6) is 1.18. The number of thioether (sulfide) groups is 1. The van der Waals surface area contributed by atoms with Gasteiger partial charge in [-0.25, -0.2) is 4.39 Å². The normalized spacial score (nSPS) is 21.9. The van der Waals surface area contributed by atoms with E-state index in [9.17, 15) is 9.18 Å². The summed E-state index contributed by atoms with van der Waals surface area (Å²) in [4.78, 5) is 11.1. The molecule has 3 N–H and O–H groups in total. The van der Waals surface area contributed by atoms with Crippen LogP contribution in [0, 0.1) is 11.2 Å². The van der Waals surface area contributed by atoms with Gasteiger partial charge < -0.3 is 11.1 Å². The zero-order valence-corrected chi connectivity index (χ0v) is 12.0. The molecule has 1 amide bonds. The predicted octanol–water partition coefficient (Wildman–Crippen LogP) is 2.87. The second-order valence-electron chi connectivity index (χ2n) is 5.78. The highest BCUT2D eigenvalue weighted by Crippen LogP contribution is 2.35. The van der Waals surface area contributed by atoms with E-state index in [0.29, 0.717) is 11.3 Å². The minimum Gasteiger partial charge on any atom is -0.379 e. The van der Waals surface area contributed by atoms with E-state index in [2.05, 4.69) is 19.2 Å². The van der Waals surface area contributed by atoms with E-state index in [1.165, 1.54) is 18.2 Å². The van der Waals surface area contributed by atoms with E-state index in [1.54, 1.807) is 0 Å². The lowest BCUT2D eigenvalue weighted by Gasteiger charge is -2.35. The third-order valence-electron chi connectivity index (χ3n) is 3.22. The zero-order valence-electron chi connectivity index (χ0n) is 11.2. The summed E-state index contributed by atoms with van der Waals surface area (Å²) in [6.07, 6.45) is 0.986. The lowest BCUT2D eigenvalue weighted by Crippen LogP contribution is -2.35. The average molecular weight is 282 g/mol. The van der Waals surface area contributed by atoms with Crippen LogP contribution in [-0.2, 0) is 0 Å². The highest BCUT2D eigenvalue weighted by Gasteiger charge is 2.28. The van der Waals surface area contributed by atoms with Crippen LogP contribution >= 0.6 is 11.8 Å². The number of nitrogens with one attached hydrogen (secondary N) is 1. The van der Waals surface area contributed by atoms with Gasteiger partial charge in [0, 0.05) is 17.4 Å². The lowest BCUT2D eigenvalue weighted by molar-refractivity contribution is 0.100. The summed E-state index contributed by atoms with van der Waals surface area (Å²) in [6.45, 7) is 4.42. The molecule has 2 rings (SSSR count). The Morgan fingerprint density at radius 3 is 2.89 bits per heavy atom. The number of carbonyl (C=O) groups is 1. The second kappa shape index (κ2) is 5.41. The summed E-state index contributed by atoms with van der Waals surface area (Å²) >= 11 is 1.87. The Morgan fingerprint density at radius 2 is 2.26 bits per heavy atom. The molecule has 5 heteroatoms. The Morgan fingerprint density at radius 1 is 1.53 bits per heavy atom. The van der Waals surface area contributed by atoms with Gasteiger partial charge in [-0.1, -0.05) is 13.8 Å². The molecule has 1 saturated heterocycles. The summed E-state index contributed by atoms with van der Waals surface area (Å²) < 4.78 is 13.8. The highest BCUT2D eigenvalue weighted by molar-refractivity contribution is 7.99. The minimum atomic E-state index is -0.540. The van der Waals surface area contributed by atoms with Crippen LogP contribution in [-0.4, -0.2) is 23.5 Å². The van der Waals surface area contributed by atoms with Crippen molar-refractivity contribution in [1.29, 1.82) is 0 Å². The first-order valence-corrected chi connectivity index (χ1v) is 7.46. The Balaban J connectivity index is 2.14. The van der Waals surface area contributed by atoms with E-state index >= 15 is 0 Å². The third kappa shape index (κ3) is 3.62. The molecule has 1 aliphatic rings. The fourth-order valence-electron chi connectivity index (χ4n) is 2.36. The first-order valence-electron chi connectivity index (χ1n) is 6.31. The van der Waals surface area contributed by atoms with Crippen LogP contribution in [0.25, 0.3) is 0 Å². The number of primary amides is 1. The fourth-order valence-corrected chi connectivity index (χ4v) is 3.64. The van der Waals surface area contributed by atoms with Gasteiger partial charge in [-0.15, -0.1) is 0 Å². The van der Waals surface area contributed by atoms with Crippen LogP contribution in [0.2, 0.25) is 0 Å². The number of amides is 1. The second-order valence-corrected chi connectivity index (χ2v) is 6.81. The van der Waals surface area contributed by atoms with Gasteiger partial charge >= 0.3 is 0 Å². The van der Waals surface area contributed by atoms with Crippen molar-refractivity contribution in [2.45, 2.75) is 26.3 Å². The SMILES string of the molecule is CC1(C)CSCC(Nc2cc(C(N)=O)ccc2F)C1. The van der Waals surface area contributed by atoms with Crippen LogP contribution in [0.15, 0.2) is 18.2 Å². The Hall–Kier alpha value is -1.23. The highest BCUT2D eigenvalue weighted by atomic mass is 32.2. The number of halogens is 1. The van der Waals surface area contributed by atoms with Crippen LogP contribution < -0.4 is 11.1 Å². The Bertz CT molecular complexity index is 490. The van der Waals surface area contributed by atoms with Crippen molar-refractivity contribution < 1.29 is 9.18 Å². The molecule has 0 saturated carbocycles. The summed E-state index contributed by atoms with van der Waals surface area (Å²) in [7, 11) is 0. The molecule has 3 nitrogen and oxygen atoms in total. The number of carbonyl (C=O) groups excluding carboxylic acids is 1. The Labute approximate surface area is 117 Å². The van der Waals surface area contributed by atoms with E-state index in [0.717, 1.165) is 17.9 Å². The molecule has 1 aromatic carbocycles. The number of hydrogen-bond acceptors (Lipinski definition) is 3. The van der Waals surface area contributed by atoms with Crippen LogP contribution in [0.5, 0.6) is 0 Å². The molecule has 104 valence electrons. The molecular formula is C14H19FN2OS. The smallest absolute Gasteiger partial charge is 0.248 e. The van der Waals surface area contributed by atoms with E-state index in [1.807, 2.05) is 11.8 Å².